The summed E-state index contributed by atoms with van der Waals surface area (Å²) < 4.78 is 5.13. The van der Waals surface area contributed by atoms with E-state index in [2.05, 4.69) is 15.2 Å². The lowest BCUT2D eigenvalue weighted by atomic mass is 10.1. The Labute approximate surface area is 148 Å². The first-order valence-corrected chi connectivity index (χ1v) is 8.50. The summed E-state index contributed by atoms with van der Waals surface area (Å²) in [5.41, 5.74) is 1.49. The predicted octanol–water partition coefficient (Wildman–Crippen LogP) is 4.11. The van der Waals surface area contributed by atoms with Crippen LogP contribution in [0.15, 0.2) is 53.7 Å². The fourth-order valence-corrected chi connectivity index (χ4v) is 2.88. The highest BCUT2D eigenvalue weighted by Crippen LogP contribution is 2.22. The van der Waals surface area contributed by atoms with Crippen molar-refractivity contribution in [3.05, 3.63) is 59.1 Å². The third kappa shape index (κ3) is 3.96. The Morgan fingerprint density at radius 1 is 1.25 bits per heavy atom. The summed E-state index contributed by atoms with van der Waals surface area (Å²) in [5.74, 6) is 1.55. The van der Waals surface area contributed by atoms with E-state index in [0.29, 0.717) is 27.3 Å². The molecule has 0 amide bonds. The Hall–Kier alpha value is -2.31. The highest BCUT2D eigenvalue weighted by molar-refractivity contribution is 7.99. The monoisotopic (exact) mass is 359 g/mol. The number of halogens is 1. The molecule has 0 atom stereocenters. The van der Waals surface area contributed by atoms with E-state index in [1.165, 1.54) is 11.8 Å². The summed E-state index contributed by atoms with van der Waals surface area (Å²) in [6.07, 6.45) is 0. The Morgan fingerprint density at radius 3 is 2.79 bits per heavy atom. The van der Waals surface area contributed by atoms with Crippen LogP contribution in [0.4, 0.5) is 0 Å². The lowest BCUT2D eigenvalue weighted by Crippen LogP contribution is -2.02. The third-order valence-corrected chi connectivity index (χ3v) is 4.41. The molecule has 24 heavy (non-hydrogen) atoms. The van der Waals surface area contributed by atoms with Crippen LogP contribution in [-0.4, -0.2) is 33.8 Å². The van der Waals surface area contributed by atoms with Gasteiger partial charge < -0.3 is 4.74 Å². The highest BCUT2D eigenvalue weighted by atomic mass is 35.5. The number of ether oxygens (including phenoxy) is 1. The molecular formula is C17H14ClN3O2S. The van der Waals surface area contributed by atoms with Crippen molar-refractivity contribution < 1.29 is 9.53 Å². The number of benzene rings is 2. The van der Waals surface area contributed by atoms with Crippen LogP contribution in [-0.2, 0) is 0 Å². The average molecular weight is 360 g/mol. The van der Waals surface area contributed by atoms with Gasteiger partial charge in [0.2, 0.25) is 5.16 Å². The molecule has 5 nitrogen and oxygen atoms in total. The fourth-order valence-electron chi connectivity index (χ4n) is 2.06. The fraction of sp³-hybridized carbons (Fsp3) is 0.118. The van der Waals surface area contributed by atoms with Crippen LogP contribution in [0, 0.1) is 0 Å². The normalized spacial score (nSPS) is 10.6. The van der Waals surface area contributed by atoms with Crippen molar-refractivity contribution in [2.24, 2.45) is 0 Å². The van der Waals surface area contributed by atoms with Gasteiger partial charge in [0.25, 0.3) is 0 Å². The minimum atomic E-state index is -0.00302. The standard InChI is InChI=1S/C17H14ClN3O2S/c1-23-14-4-2-3-12(9-14)15(22)10-24-17-19-16(20-21-17)11-5-7-13(18)8-6-11/h2-9H,10H2,1H3,(H,19,20,21). The van der Waals surface area contributed by atoms with Crippen LogP contribution in [0.25, 0.3) is 11.4 Å². The van der Waals surface area contributed by atoms with Crippen LogP contribution < -0.4 is 4.74 Å². The second kappa shape index (κ2) is 7.51. The van der Waals surface area contributed by atoms with Gasteiger partial charge in [-0.1, -0.05) is 35.5 Å². The van der Waals surface area contributed by atoms with Gasteiger partial charge in [-0.15, -0.1) is 5.10 Å². The molecule has 0 bridgehead atoms. The van der Waals surface area contributed by atoms with Crippen LogP contribution in [0.5, 0.6) is 5.75 Å². The first-order valence-electron chi connectivity index (χ1n) is 7.14. The molecule has 1 aromatic heterocycles. The summed E-state index contributed by atoms with van der Waals surface area (Å²) in [5, 5.41) is 8.19. The van der Waals surface area contributed by atoms with Gasteiger partial charge in [-0.3, -0.25) is 9.89 Å². The quantitative estimate of drug-likeness (QED) is 0.530. The maximum atomic E-state index is 12.2. The first-order chi connectivity index (χ1) is 11.7. The van der Waals surface area contributed by atoms with Crippen LogP contribution in [0.2, 0.25) is 5.02 Å². The maximum Gasteiger partial charge on any atom is 0.209 e. The Kier molecular flexibility index (Phi) is 5.17. The van der Waals surface area contributed by atoms with Gasteiger partial charge in [0.1, 0.15) is 5.75 Å². The van der Waals surface area contributed by atoms with Crippen molar-refractivity contribution in [3.8, 4) is 17.1 Å². The molecule has 3 rings (SSSR count). The second-order valence-electron chi connectivity index (χ2n) is 4.92. The topological polar surface area (TPSA) is 67.9 Å². The van der Waals surface area contributed by atoms with E-state index in [1.807, 2.05) is 12.1 Å². The number of carbonyl (C=O) groups excluding carboxylic acids is 1. The SMILES string of the molecule is COc1cccc(C(=O)CSc2n[nH]c(-c3ccc(Cl)cc3)n2)c1. The number of aromatic amines is 1. The number of rotatable bonds is 6. The number of nitrogens with zero attached hydrogens (tertiary/aromatic N) is 2. The Bertz CT molecular complexity index is 849. The molecule has 7 heteroatoms. The van der Waals surface area contributed by atoms with Gasteiger partial charge in [-0.25, -0.2) is 4.98 Å². The highest BCUT2D eigenvalue weighted by Gasteiger charge is 2.11. The van der Waals surface area contributed by atoms with E-state index in [-0.39, 0.29) is 11.5 Å². The summed E-state index contributed by atoms with van der Waals surface area (Å²) >= 11 is 7.16. The number of ketones is 1. The summed E-state index contributed by atoms with van der Waals surface area (Å²) in [4.78, 5) is 16.6. The molecule has 0 unspecified atom stereocenters. The molecule has 0 aliphatic rings. The minimum absolute atomic E-state index is 0.00302. The Morgan fingerprint density at radius 2 is 2.04 bits per heavy atom. The van der Waals surface area contributed by atoms with E-state index in [0.717, 1.165) is 5.56 Å². The third-order valence-electron chi connectivity index (χ3n) is 3.31. The van der Waals surface area contributed by atoms with Crippen LogP contribution in [0.1, 0.15) is 10.4 Å². The van der Waals surface area contributed by atoms with Gasteiger partial charge in [-0.2, -0.15) is 0 Å². The molecule has 0 saturated heterocycles. The van der Waals surface area contributed by atoms with Gasteiger partial charge in [0.15, 0.2) is 11.6 Å². The van der Waals surface area contributed by atoms with Crippen molar-refractivity contribution in [3.63, 3.8) is 0 Å². The molecule has 1 heterocycles. The molecule has 0 aliphatic carbocycles. The number of methoxy groups -OCH3 is 1. The van der Waals surface area contributed by atoms with Gasteiger partial charge >= 0.3 is 0 Å². The lowest BCUT2D eigenvalue weighted by Gasteiger charge is -2.02. The van der Waals surface area contributed by atoms with E-state index >= 15 is 0 Å². The number of thioether (sulfide) groups is 1. The zero-order valence-electron chi connectivity index (χ0n) is 12.8. The minimum Gasteiger partial charge on any atom is -0.497 e. The lowest BCUT2D eigenvalue weighted by molar-refractivity contribution is 0.102. The van der Waals surface area contributed by atoms with E-state index in [1.54, 1.807) is 43.5 Å². The second-order valence-corrected chi connectivity index (χ2v) is 6.30. The van der Waals surface area contributed by atoms with E-state index in [9.17, 15) is 4.79 Å². The van der Waals surface area contributed by atoms with Crippen LogP contribution >= 0.6 is 23.4 Å². The first kappa shape index (κ1) is 16.5. The molecule has 0 fully saturated rings. The smallest absolute Gasteiger partial charge is 0.209 e. The molecular weight excluding hydrogens is 346 g/mol. The maximum absolute atomic E-state index is 12.2. The van der Waals surface area contributed by atoms with Crippen LogP contribution in [0.3, 0.4) is 0 Å². The number of hydrogen-bond donors (Lipinski definition) is 1. The van der Waals surface area contributed by atoms with E-state index < -0.39 is 0 Å². The van der Waals surface area contributed by atoms with E-state index in [4.69, 9.17) is 16.3 Å². The average Bonchev–Trinajstić information content (AvgIpc) is 3.09. The van der Waals surface area contributed by atoms with Gasteiger partial charge in [0, 0.05) is 16.1 Å². The largest absolute Gasteiger partial charge is 0.497 e. The summed E-state index contributed by atoms with van der Waals surface area (Å²) in [7, 11) is 1.57. The molecule has 0 aliphatic heterocycles. The van der Waals surface area contributed by atoms with Crippen molar-refractivity contribution in [1.29, 1.82) is 0 Å². The number of nitrogens with one attached hydrogen (secondary N) is 1. The number of hydrogen-bond acceptors (Lipinski definition) is 5. The van der Waals surface area contributed by atoms with Crippen molar-refractivity contribution in [1.82, 2.24) is 15.2 Å². The molecule has 0 radical (unpaired) electrons. The van der Waals surface area contributed by atoms with Crippen molar-refractivity contribution in [2.75, 3.05) is 12.9 Å². The Balaban J connectivity index is 1.64. The molecule has 0 saturated carbocycles. The number of H-pyrrole nitrogens is 1. The molecule has 3 aromatic rings. The molecule has 122 valence electrons. The molecule has 1 N–H and O–H groups in total. The number of carbonyl (C=O) groups is 1. The molecule has 2 aromatic carbocycles. The number of aromatic nitrogens is 3. The zero-order valence-corrected chi connectivity index (χ0v) is 14.4. The molecule has 0 spiro atoms. The zero-order chi connectivity index (χ0) is 16.9. The van der Waals surface area contributed by atoms with Gasteiger partial charge in [0.05, 0.1) is 12.9 Å². The van der Waals surface area contributed by atoms with Gasteiger partial charge in [-0.05, 0) is 36.4 Å². The summed E-state index contributed by atoms with van der Waals surface area (Å²) in [6.45, 7) is 0. The van der Waals surface area contributed by atoms with Crippen molar-refractivity contribution >= 4 is 29.1 Å². The predicted molar refractivity (Wildman–Crippen MR) is 94.9 cm³/mol. The summed E-state index contributed by atoms with van der Waals surface area (Å²) in [6, 6.07) is 14.4. The van der Waals surface area contributed by atoms with Crippen molar-refractivity contribution in [2.45, 2.75) is 5.16 Å². The number of Topliss-reactive ketones (excluding diaryl/α,β-unsaturated/α-hetero) is 1.